The van der Waals surface area contributed by atoms with Gasteiger partial charge in [-0.1, -0.05) is 18.2 Å². The summed E-state index contributed by atoms with van der Waals surface area (Å²) in [6.45, 7) is 0. The predicted molar refractivity (Wildman–Crippen MR) is 60.3 cm³/mol. The molecule has 0 aliphatic heterocycles. The molecule has 0 radical (unpaired) electrons. The number of benzene rings is 1. The molecule has 0 saturated carbocycles. The van der Waals surface area contributed by atoms with Gasteiger partial charge in [0.15, 0.2) is 0 Å². The molecular weight excluding hydrogens is 224 g/mol. The molecule has 1 aromatic carbocycles. The van der Waals surface area contributed by atoms with E-state index in [0.29, 0.717) is 6.42 Å². The fraction of sp³-hybridized carbons (Fsp3) is 0.308. The van der Waals surface area contributed by atoms with Crippen LogP contribution in [-0.4, -0.2) is 11.8 Å². The van der Waals surface area contributed by atoms with Crippen LogP contribution >= 0.6 is 0 Å². The molecule has 0 saturated heterocycles. The van der Waals surface area contributed by atoms with Crippen molar-refractivity contribution in [2.24, 2.45) is 11.7 Å². The largest absolute Gasteiger partial charge is 0.324 e. The molecule has 17 heavy (non-hydrogen) atoms. The molecule has 1 aliphatic carbocycles. The van der Waals surface area contributed by atoms with Crippen LogP contribution < -0.4 is 5.73 Å². The average molecular weight is 237 g/mol. The lowest BCUT2D eigenvalue weighted by Crippen LogP contribution is -2.20. The molecule has 0 fully saturated rings. The van der Waals surface area contributed by atoms with Gasteiger partial charge in [0.05, 0.1) is 0 Å². The highest BCUT2D eigenvalue weighted by Gasteiger charge is 2.24. The van der Waals surface area contributed by atoms with Crippen LogP contribution in [-0.2, 0) is 11.2 Å². The van der Waals surface area contributed by atoms with Crippen LogP contribution in [0, 0.1) is 17.6 Å². The molecule has 2 nitrogen and oxygen atoms in total. The Morgan fingerprint density at radius 2 is 1.94 bits per heavy atom. The maximum atomic E-state index is 13.3. The first kappa shape index (κ1) is 11.9. The number of carbonyl (C=O) groups is 1. The molecule has 2 unspecified atom stereocenters. The summed E-state index contributed by atoms with van der Waals surface area (Å²) in [6.07, 6.45) is 3.77. The minimum absolute atomic E-state index is 0.130. The van der Waals surface area contributed by atoms with Crippen molar-refractivity contribution in [3.63, 3.8) is 0 Å². The van der Waals surface area contributed by atoms with Crippen molar-refractivity contribution in [3.8, 4) is 0 Å². The second kappa shape index (κ2) is 4.75. The van der Waals surface area contributed by atoms with Gasteiger partial charge in [-0.2, -0.15) is 0 Å². The van der Waals surface area contributed by atoms with E-state index in [0.717, 1.165) is 12.1 Å². The average Bonchev–Trinajstić information content (AvgIpc) is 2.70. The summed E-state index contributed by atoms with van der Waals surface area (Å²) in [5.41, 5.74) is 5.47. The fourth-order valence-corrected chi connectivity index (χ4v) is 1.97. The molecule has 2 atom stereocenters. The SMILES string of the molecule is NC1C=CC(C(=O)Cc2c(F)cccc2F)C1. The number of carbonyl (C=O) groups excluding carboxylic acids is 1. The van der Waals surface area contributed by atoms with Crippen molar-refractivity contribution in [2.45, 2.75) is 18.9 Å². The minimum Gasteiger partial charge on any atom is -0.324 e. The molecule has 0 heterocycles. The van der Waals surface area contributed by atoms with E-state index in [-0.39, 0.29) is 29.7 Å². The molecule has 1 aromatic rings. The lowest BCUT2D eigenvalue weighted by molar-refractivity contribution is -0.121. The van der Waals surface area contributed by atoms with Crippen molar-refractivity contribution in [1.29, 1.82) is 0 Å². The van der Waals surface area contributed by atoms with E-state index in [9.17, 15) is 13.6 Å². The summed E-state index contributed by atoms with van der Waals surface area (Å²) < 4.78 is 26.7. The summed E-state index contributed by atoms with van der Waals surface area (Å²) in [7, 11) is 0. The number of halogens is 2. The fourth-order valence-electron chi connectivity index (χ4n) is 1.97. The smallest absolute Gasteiger partial charge is 0.144 e. The highest BCUT2D eigenvalue weighted by atomic mass is 19.1. The molecule has 0 bridgehead atoms. The molecule has 0 amide bonds. The van der Waals surface area contributed by atoms with E-state index in [1.807, 2.05) is 0 Å². The molecule has 2 rings (SSSR count). The zero-order chi connectivity index (χ0) is 12.4. The third-order valence-corrected chi connectivity index (χ3v) is 2.94. The highest BCUT2D eigenvalue weighted by Crippen LogP contribution is 2.21. The van der Waals surface area contributed by atoms with E-state index >= 15 is 0 Å². The van der Waals surface area contributed by atoms with E-state index in [1.54, 1.807) is 12.2 Å². The van der Waals surface area contributed by atoms with Gasteiger partial charge in [0.1, 0.15) is 17.4 Å². The number of Topliss-reactive ketones (excluding diaryl/α,β-unsaturated/α-hetero) is 1. The Morgan fingerprint density at radius 3 is 2.47 bits per heavy atom. The van der Waals surface area contributed by atoms with Crippen molar-refractivity contribution in [1.82, 2.24) is 0 Å². The topological polar surface area (TPSA) is 43.1 Å². The van der Waals surface area contributed by atoms with Crippen molar-refractivity contribution >= 4 is 5.78 Å². The summed E-state index contributed by atoms with van der Waals surface area (Å²) in [4.78, 5) is 11.8. The van der Waals surface area contributed by atoms with Crippen LogP contribution in [0.3, 0.4) is 0 Å². The van der Waals surface area contributed by atoms with Gasteiger partial charge in [-0.25, -0.2) is 8.78 Å². The van der Waals surface area contributed by atoms with Crippen LogP contribution in [0.1, 0.15) is 12.0 Å². The van der Waals surface area contributed by atoms with Gasteiger partial charge in [0.2, 0.25) is 0 Å². The zero-order valence-electron chi connectivity index (χ0n) is 9.20. The second-order valence-electron chi connectivity index (χ2n) is 4.23. The summed E-state index contributed by atoms with van der Waals surface area (Å²) in [5.74, 6) is -1.86. The predicted octanol–water partition coefficient (Wildman–Crippen LogP) is 1.98. The van der Waals surface area contributed by atoms with Crippen molar-refractivity contribution in [3.05, 3.63) is 47.5 Å². The van der Waals surface area contributed by atoms with Crippen LogP contribution in [0.15, 0.2) is 30.4 Å². The third kappa shape index (κ3) is 2.58. The summed E-state index contributed by atoms with van der Waals surface area (Å²) in [5, 5.41) is 0. The number of rotatable bonds is 3. The Kier molecular flexibility index (Phi) is 3.33. The standard InChI is InChI=1S/C13H13F2NO/c14-11-2-1-3-12(15)10(11)7-13(17)8-4-5-9(16)6-8/h1-5,8-9H,6-7,16H2. The Bertz CT molecular complexity index is 450. The molecule has 2 N–H and O–H groups in total. The number of hydrogen-bond donors (Lipinski definition) is 1. The normalized spacial score (nSPS) is 23.0. The molecule has 4 heteroatoms. The number of nitrogens with two attached hydrogens (primary N) is 1. The van der Waals surface area contributed by atoms with Gasteiger partial charge in [0, 0.05) is 23.9 Å². The first-order valence-corrected chi connectivity index (χ1v) is 5.47. The molecule has 90 valence electrons. The van der Waals surface area contributed by atoms with E-state index < -0.39 is 11.6 Å². The highest BCUT2D eigenvalue weighted by molar-refractivity contribution is 5.85. The minimum atomic E-state index is -0.676. The Labute approximate surface area is 98.1 Å². The number of allylic oxidation sites excluding steroid dienone is 1. The third-order valence-electron chi connectivity index (χ3n) is 2.94. The number of ketones is 1. The maximum absolute atomic E-state index is 13.3. The summed E-state index contributed by atoms with van der Waals surface area (Å²) in [6, 6.07) is 3.46. The van der Waals surface area contributed by atoms with Gasteiger partial charge < -0.3 is 5.73 Å². The zero-order valence-corrected chi connectivity index (χ0v) is 9.20. The van der Waals surface area contributed by atoms with Crippen LogP contribution in [0.4, 0.5) is 8.78 Å². The second-order valence-corrected chi connectivity index (χ2v) is 4.23. The van der Waals surface area contributed by atoms with Gasteiger partial charge in [0.25, 0.3) is 0 Å². The van der Waals surface area contributed by atoms with E-state index in [4.69, 9.17) is 5.73 Å². The molecule has 1 aliphatic rings. The van der Waals surface area contributed by atoms with Gasteiger partial charge in [-0.3, -0.25) is 4.79 Å². The Hall–Kier alpha value is -1.55. The molecule has 0 spiro atoms. The first-order chi connectivity index (χ1) is 8.08. The number of hydrogen-bond acceptors (Lipinski definition) is 2. The lowest BCUT2D eigenvalue weighted by atomic mass is 9.96. The quantitative estimate of drug-likeness (QED) is 0.817. The van der Waals surface area contributed by atoms with Crippen molar-refractivity contribution in [2.75, 3.05) is 0 Å². The van der Waals surface area contributed by atoms with E-state index in [1.165, 1.54) is 6.07 Å². The van der Waals surface area contributed by atoms with Gasteiger partial charge >= 0.3 is 0 Å². The van der Waals surface area contributed by atoms with Crippen LogP contribution in [0.2, 0.25) is 0 Å². The first-order valence-electron chi connectivity index (χ1n) is 5.47. The van der Waals surface area contributed by atoms with Gasteiger partial charge in [-0.15, -0.1) is 0 Å². The summed E-state index contributed by atoms with van der Waals surface area (Å²) >= 11 is 0. The Balaban J connectivity index is 2.11. The van der Waals surface area contributed by atoms with Gasteiger partial charge in [-0.05, 0) is 18.6 Å². The Morgan fingerprint density at radius 1 is 1.29 bits per heavy atom. The van der Waals surface area contributed by atoms with E-state index in [2.05, 4.69) is 0 Å². The van der Waals surface area contributed by atoms with Crippen LogP contribution in [0.5, 0.6) is 0 Å². The maximum Gasteiger partial charge on any atom is 0.144 e. The molecule has 0 aromatic heterocycles. The monoisotopic (exact) mass is 237 g/mol. The van der Waals surface area contributed by atoms with Crippen molar-refractivity contribution < 1.29 is 13.6 Å². The lowest BCUT2D eigenvalue weighted by Gasteiger charge is -2.09. The van der Waals surface area contributed by atoms with Crippen LogP contribution in [0.25, 0.3) is 0 Å². The molecular formula is C13H13F2NO.